The second-order valence-electron chi connectivity index (χ2n) is 4.94. The van der Waals surface area contributed by atoms with Crippen molar-refractivity contribution in [2.45, 2.75) is 6.92 Å². The number of rotatable bonds is 3. The van der Waals surface area contributed by atoms with Gasteiger partial charge in [-0.1, -0.05) is 18.2 Å². The first-order valence-electron chi connectivity index (χ1n) is 6.95. The molecule has 0 saturated heterocycles. The van der Waals surface area contributed by atoms with E-state index < -0.39 is 11.7 Å². The van der Waals surface area contributed by atoms with Crippen molar-refractivity contribution in [3.8, 4) is 11.1 Å². The predicted octanol–water partition coefficient (Wildman–Crippen LogP) is 3.86. The lowest BCUT2D eigenvalue weighted by Crippen LogP contribution is -2.23. The van der Waals surface area contributed by atoms with E-state index in [1.807, 2.05) is 0 Å². The summed E-state index contributed by atoms with van der Waals surface area (Å²) in [7, 11) is 0. The molecule has 0 radical (unpaired) electrons. The highest BCUT2D eigenvalue weighted by Gasteiger charge is 2.17. The molecule has 5 heteroatoms. The van der Waals surface area contributed by atoms with Crippen LogP contribution in [0.15, 0.2) is 42.5 Å². The minimum atomic E-state index is -0.563. The summed E-state index contributed by atoms with van der Waals surface area (Å²) in [5.74, 6) is -1.35. The molecule has 0 fully saturated rings. The molecule has 0 saturated carbocycles. The minimum absolute atomic E-state index is 0.0758. The van der Waals surface area contributed by atoms with Crippen LogP contribution in [0.2, 0.25) is 0 Å². The van der Waals surface area contributed by atoms with Gasteiger partial charge >= 0.3 is 0 Å². The lowest BCUT2D eigenvalue weighted by atomic mass is 10.0. The van der Waals surface area contributed by atoms with Gasteiger partial charge in [0.15, 0.2) is 5.82 Å². The number of nitrogens with one attached hydrogen (secondary N) is 2. The minimum Gasteiger partial charge on any atom is -0.351 e. The summed E-state index contributed by atoms with van der Waals surface area (Å²) in [6, 6.07) is 11.1. The zero-order valence-electron chi connectivity index (χ0n) is 11.9. The van der Waals surface area contributed by atoms with Crippen molar-refractivity contribution in [3.63, 3.8) is 0 Å². The summed E-state index contributed by atoms with van der Waals surface area (Å²) >= 11 is 0. The topological polar surface area (TPSA) is 44.9 Å². The molecule has 0 aliphatic carbocycles. The maximum absolute atomic E-state index is 14.2. The molecule has 0 atom stereocenters. The lowest BCUT2D eigenvalue weighted by molar-refractivity contribution is 0.0947. The van der Waals surface area contributed by atoms with Crippen LogP contribution in [0.25, 0.3) is 22.0 Å². The van der Waals surface area contributed by atoms with E-state index in [9.17, 15) is 13.6 Å². The Morgan fingerprint density at radius 3 is 2.45 bits per heavy atom. The largest absolute Gasteiger partial charge is 0.351 e. The van der Waals surface area contributed by atoms with Crippen LogP contribution >= 0.6 is 0 Å². The van der Waals surface area contributed by atoms with E-state index in [1.165, 1.54) is 12.1 Å². The maximum Gasteiger partial charge on any atom is 0.270 e. The SMILES string of the molecule is CCNC(=O)c1[nH]c2cc(-c3ccc(F)cc3)ccc2c1F. The Balaban J connectivity index is 2.07. The maximum atomic E-state index is 14.2. The van der Waals surface area contributed by atoms with Crippen molar-refractivity contribution in [1.29, 1.82) is 0 Å². The Morgan fingerprint density at radius 1 is 1.09 bits per heavy atom. The van der Waals surface area contributed by atoms with Crippen molar-refractivity contribution in [2.75, 3.05) is 6.54 Å². The Morgan fingerprint density at radius 2 is 1.77 bits per heavy atom. The highest BCUT2D eigenvalue weighted by atomic mass is 19.1. The van der Waals surface area contributed by atoms with E-state index in [0.29, 0.717) is 17.4 Å². The molecular weight excluding hydrogens is 286 g/mol. The van der Waals surface area contributed by atoms with Crippen molar-refractivity contribution < 1.29 is 13.6 Å². The van der Waals surface area contributed by atoms with E-state index in [2.05, 4.69) is 10.3 Å². The van der Waals surface area contributed by atoms with Crippen LogP contribution in [0.5, 0.6) is 0 Å². The predicted molar refractivity (Wildman–Crippen MR) is 81.7 cm³/mol. The van der Waals surface area contributed by atoms with Gasteiger partial charge in [-0.2, -0.15) is 0 Å². The molecule has 1 aromatic heterocycles. The number of carbonyl (C=O) groups excluding carboxylic acids is 1. The third-order valence-corrected chi connectivity index (χ3v) is 3.48. The summed E-state index contributed by atoms with van der Waals surface area (Å²) in [5, 5.41) is 2.92. The van der Waals surface area contributed by atoms with Crippen LogP contribution in [-0.2, 0) is 0 Å². The van der Waals surface area contributed by atoms with Crippen LogP contribution in [0.1, 0.15) is 17.4 Å². The summed E-state index contributed by atoms with van der Waals surface area (Å²) in [6.45, 7) is 2.19. The van der Waals surface area contributed by atoms with Gasteiger partial charge in [0, 0.05) is 17.4 Å². The number of H-pyrrole nitrogens is 1. The van der Waals surface area contributed by atoms with Gasteiger partial charge in [-0.05, 0) is 42.3 Å². The molecule has 2 N–H and O–H groups in total. The number of halogens is 2. The quantitative estimate of drug-likeness (QED) is 0.758. The fraction of sp³-hybridized carbons (Fsp3) is 0.118. The molecule has 3 aromatic rings. The molecule has 0 unspecified atom stereocenters. The lowest BCUT2D eigenvalue weighted by Gasteiger charge is -2.01. The van der Waals surface area contributed by atoms with Crippen molar-refractivity contribution >= 4 is 16.8 Å². The second-order valence-corrected chi connectivity index (χ2v) is 4.94. The number of benzene rings is 2. The monoisotopic (exact) mass is 300 g/mol. The summed E-state index contributed by atoms with van der Waals surface area (Å²) in [6.07, 6.45) is 0. The first-order chi connectivity index (χ1) is 10.6. The van der Waals surface area contributed by atoms with Crippen molar-refractivity contribution in [1.82, 2.24) is 10.3 Å². The molecular formula is C17H14F2N2O. The number of fused-ring (bicyclic) bond motifs is 1. The van der Waals surface area contributed by atoms with E-state index >= 15 is 0 Å². The van der Waals surface area contributed by atoms with Gasteiger partial charge in [0.05, 0.1) is 0 Å². The third-order valence-electron chi connectivity index (χ3n) is 3.48. The average Bonchev–Trinajstić information content (AvgIpc) is 2.85. The molecule has 1 heterocycles. The first-order valence-corrected chi connectivity index (χ1v) is 6.95. The fourth-order valence-corrected chi connectivity index (χ4v) is 2.39. The average molecular weight is 300 g/mol. The third kappa shape index (κ3) is 2.45. The zero-order chi connectivity index (χ0) is 15.7. The Labute approximate surface area is 126 Å². The number of aromatic amines is 1. The molecule has 2 aromatic carbocycles. The number of aromatic nitrogens is 1. The Kier molecular flexibility index (Phi) is 3.63. The fourth-order valence-electron chi connectivity index (χ4n) is 2.39. The van der Waals surface area contributed by atoms with E-state index in [4.69, 9.17) is 0 Å². The molecule has 3 rings (SSSR count). The van der Waals surface area contributed by atoms with Gasteiger partial charge in [0.25, 0.3) is 5.91 Å². The summed E-state index contributed by atoms with van der Waals surface area (Å²) in [5.41, 5.74) is 2.09. The van der Waals surface area contributed by atoms with E-state index in [1.54, 1.807) is 37.3 Å². The number of carbonyl (C=O) groups is 1. The van der Waals surface area contributed by atoms with Crippen molar-refractivity contribution in [2.24, 2.45) is 0 Å². The van der Waals surface area contributed by atoms with E-state index in [0.717, 1.165) is 11.1 Å². The first kappa shape index (κ1) is 14.3. The van der Waals surface area contributed by atoms with Gasteiger partial charge in [-0.3, -0.25) is 4.79 Å². The normalized spacial score (nSPS) is 10.9. The molecule has 22 heavy (non-hydrogen) atoms. The highest BCUT2D eigenvalue weighted by Crippen LogP contribution is 2.27. The number of hydrogen-bond donors (Lipinski definition) is 2. The van der Waals surface area contributed by atoms with Gasteiger partial charge in [-0.15, -0.1) is 0 Å². The smallest absolute Gasteiger partial charge is 0.270 e. The zero-order valence-corrected chi connectivity index (χ0v) is 11.9. The van der Waals surface area contributed by atoms with Gasteiger partial charge in [-0.25, -0.2) is 8.78 Å². The molecule has 0 aliphatic heterocycles. The van der Waals surface area contributed by atoms with Gasteiger partial charge in [0.2, 0.25) is 0 Å². The van der Waals surface area contributed by atoms with Gasteiger partial charge in [0.1, 0.15) is 11.5 Å². The molecule has 112 valence electrons. The molecule has 1 amide bonds. The Hall–Kier alpha value is -2.69. The second kappa shape index (κ2) is 5.60. The Bertz CT molecular complexity index is 838. The van der Waals surface area contributed by atoms with E-state index in [-0.39, 0.29) is 11.5 Å². The molecule has 0 bridgehead atoms. The van der Waals surface area contributed by atoms with Crippen LogP contribution in [0.4, 0.5) is 8.78 Å². The molecule has 0 aliphatic rings. The van der Waals surface area contributed by atoms with Crippen LogP contribution < -0.4 is 5.32 Å². The highest BCUT2D eigenvalue weighted by molar-refractivity contribution is 5.99. The number of amides is 1. The van der Waals surface area contributed by atoms with Crippen LogP contribution in [-0.4, -0.2) is 17.4 Å². The molecule has 3 nitrogen and oxygen atoms in total. The van der Waals surface area contributed by atoms with Crippen molar-refractivity contribution in [3.05, 3.63) is 59.8 Å². The summed E-state index contributed by atoms with van der Waals surface area (Å²) in [4.78, 5) is 14.6. The summed E-state index contributed by atoms with van der Waals surface area (Å²) < 4.78 is 27.2. The van der Waals surface area contributed by atoms with Gasteiger partial charge < -0.3 is 10.3 Å². The standard InChI is InChI=1S/C17H14F2N2O/c1-2-20-17(22)16-15(19)13-8-5-11(9-14(13)21-16)10-3-6-12(18)7-4-10/h3-9,21H,2H2,1H3,(H,20,22). The van der Waals surface area contributed by atoms with Crippen LogP contribution in [0.3, 0.4) is 0 Å². The molecule has 0 spiro atoms. The number of hydrogen-bond acceptors (Lipinski definition) is 1. The van der Waals surface area contributed by atoms with Crippen LogP contribution in [0, 0.1) is 11.6 Å².